The highest BCUT2D eigenvalue weighted by molar-refractivity contribution is 6.30. The van der Waals surface area contributed by atoms with Gasteiger partial charge in [-0.2, -0.15) is 5.10 Å². The Balaban J connectivity index is 1.30. The van der Waals surface area contributed by atoms with Gasteiger partial charge in [-0.05, 0) is 59.7 Å². The van der Waals surface area contributed by atoms with E-state index >= 15 is 0 Å². The molecule has 3 aromatic carbocycles. The molecule has 1 saturated heterocycles. The van der Waals surface area contributed by atoms with Crippen LogP contribution >= 0.6 is 11.6 Å². The Bertz CT molecular complexity index is 1240. The maximum Gasteiger partial charge on any atom is 0.257 e. The van der Waals surface area contributed by atoms with Crippen LogP contribution in [-0.2, 0) is 4.79 Å². The normalized spacial score (nSPS) is 18.3. The third-order valence-corrected chi connectivity index (χ3v) is 7.02. The Morgan fingerprint density at radius 3 is 2.36 bits per heavy atom. The van der Waals surface area contributed by atoms with Crippen LogP contribution in [0.4, 0.5) is 10.1 Å². The zero-order valence-electron chi connectivity index (χ0n) is 20.1. The van der Waals surface area contributed by atoms with Crippen molar-refractivity contribution in [3.63, 3.8) is 0 Å². The van der Waals surface area contributed by atoms with Crippen molar-refractivity contribution in [2.45, 2.75) is 12.5 Å². The lowest BCUT2D eigenvalue weighted by molar-refractivity contribution is -0.134. The number of carbonyl (C=O) groups excluding carboxylic acids is 1. The predicted molar refractivity (Wildman–Crippen MR) is 140 cm³/mol. The summed E-state index contributed by atoms with van der Waals surface area (Å²) in [6.45, 7) is 2.93. The van der Waals surface area contributed by atoms with Gasteiger partial charge in [-0.25, -0.2) is 9.40 Å². The number of amides is 1. The lowest BCUT2D eigenvalue weighted by atomic mass is 9.98. The van der Waals surface area contributed by atoms with Gasteiger partial charge >= 0.3 is 0 Å². The maximum absolute atomic E-state index is 14.2. The van der Waals surface area contributed by atoms with Crippen molar-refractivity contribution in [2.75, 3.05) is 44.7 Å². The molecule has 5 rings (SSSR count). The van der Waals surface area contributed by atoms with E-state index < -0.39 is 0 Å². The Morgan fingerprint density at radius 2 is 1.69 bits per heavy atom. The second kappa shape index (κ2) is 10.7. The maximum atomic E-state index is 14.2. The van der Waals surface area contributed by atoms with Gasteiger partial charge in [0.15, 0.2) is 0 Å². The molecule has 186 valence electrons. The third-order valence-electron chi connectivity index (χ3n) is 6.77. The van der Waals surface area contributed by atoms with E-state index in [2.05, 4.69) is 4.90 Å². The molecule has 0 spiro atoms. The molecule has 2 heterocycles. The summed E-state index contributed by atoms with van der Waals surface area (Å²) in [5.41, 5.74) is 3.42. The number of para-hydroxylation sites is 1. The van der Waals surface area contributed by atoms with Crippen LogP contribution in [0.1, 0.15) is 23.6 Å². The number of hydrazone groups is 1. The number of hydrogen-bond donors (Lipinski definition) is 0. The lowest BCUT2D eigenvalue weighted by Crippen LogP contribution is -2.49. The molecular formula is C28H28ClFN4O2. The van der Waals surface area contributed by atoms with Crippen LogP contribution in [0.5, 0.6) is 5.75 Å². The number of piperazine rings is 1. The molecule has 6 nitrogen and oxygen atoms in total. The van der Waals surface area contributed by atoms with Gasteiger partial charge in [0.05, 0.1) is 31.1 Å². The number of rotatable bonds is 6. The second-order valence-corrected chi connectivity index (χ2v) is 9.44. The summed E-state index contributed by atoms with van der Waals surface area (Å²) in [6, 6.07) is 21.9. The number of halogens is 2. The monoisotopic (exact) mass is 506 g/mol. The highest BCUT2D eigenvalue weighted by atomic mass is 35.5. The van der Waals surface area contributed by atoms with E-state index in [4.69, 9.17) is 21.4 Å². The first-order chi connectivity index (χ1) is 17.5. The highest BCUT2D eigenvalue weighted by Gasteiger charge is 2.34. The minimum absolute atomic E-state index is 0.0576. The Labute approximate surface area is 215 Å². The van der Waals surface area contributed by atoms with E-state index in [-0.39, 0.29) is 24.3 Å². The Kier molecular flexibility index (Phi) is 7.20. The summed E-state index contributed by atoms with van der Waals surface area (Å²) in [5, 5.41) is 7.04. The Hall–Kier alpha value is -3.42. The van der Waals surface area contributed by atoms with E-state index in [9.17, 15) is 9.18 Å². The van der Waals surface area contributed by atoms with Crippen LogP contribution in [-0.4, -0.2) is 61.4 Å². The van der Waals surface area contributed by atoms with Crippen molar-refractivity contribution in [3.8, 4) is 5.75 Å². The molecule has 36 heavy (non-hydrogen) atoms. The van der Waals surface area contributed by atoms with Crippen LogP contribution < -0.4 is 9.64 Å². The van der Waals surface area contributed by atoms with Gasteiger partial charge in [0.1, 0.15) is 11.6 Å². The van der Waals surface area contributed by atoms with E-state index in [0.717, 1.165) is 22.6 Å². The molecule has 8 heteroatoms. The fourth-order valence-corrected chi connectivity index (χ4v) is 4.89. The van der Waals surface area contributed by atoms with Crippen molar-refractivity contribution in [1.82, 2.24) is 9.91 Å². The highest BCUT2D eigenvalue weighted by Crippen LogP contribution is 2.34. The molecule has 0 N–H and O–H groups in total. The second-order valence-electron chi connectivity index (χ2n) is 9.00. The van der Waals surface area contributed by atoms with Gasteiger partial charge in [-0.3, -0.25) is 9.69 Å². The van der Waals surface area contributed by atoms with E-state index in [0.29, 0.717) is 43.3 Å². The largest absolute Gasteiger partial charge is 0.497 e. The number of hydrogen-bond acceptors (Lipinski definition) is 5. The lowest BCUT2D eigenvalue weighted by Gasteiger charge is -2.36. The zero-order valence-corrected chi connectivity index (χ0v) is 20.9. The smallest absolute Gasteiger partial charge is 0.257 e. The molecule has 0 unspecified atom stereocenters. The van der Waals surface area contributed by atoms with Gasteiger partial charge in [0.25, 0.3) is 5.91 Å². The summed E-state index contributed by atoms with van der Waals surface area (Å²) in [7, 11) is 1.63. The molecular weight excluding hydrogens is 479 g/mol. The van der Waals surface area contributed by atoms with Gasteiger partial charge in [-0.15, -0.1) is 0 Å². The average molecular weight is 507 g/mol. The number of ether oxygens (including phenoxy) is 1. The molecule has 1 atom stereocenters. The van der Waals surface area contributed by atoms with Gasteiger partial charge in [0.2, 0.25) is 0 Å². The summed E-state index contributed by atoms with van der Waals surface area (Å²) >= 11 is 6.11. The first kappa shape index (κ1) is 24.3. The van der Waals surface area contributed by atoms with E-state index in [1.165, 1.54) is 6.07 Å². The first-order valence-corrected chi connectivity index (χ1v) is 12.4. The molecule has 2 aliphatic rings. The number of carbonyl (C=O) groups is 1. The van der Waals surface area contributed by atoms with Crippen LogP contribution in [0, 0.1) is 5.82 Å². The molecule has 1 amide bonds. The van der Waals surface area contributed by atoms with Crippen molar-refractivity contribution in [2.24, 2.45) is 5.10 Å². The first-order valence-electron chi connectivity index (χ1n) is 12.0. The molecule has 0 saturated carbocycles. The number of benzene rings is 3. The summed E-state index contributed by atoms with van der Waals surface area (Å²) in [4.78, 5) is 17.6. The minimum Gasteiger partial charge on any atom is -0.497 e. The molecule has 0 bridgehead atoms. The fourth-order valence-electron chi connectivity index (χ4n) is 4.76. The average Bonchev–Trinajstić information content (AvgIpc) is 3.36. The number of anilines is 1. The quantitative estimate of drug-likeness (QED) is 0.473. The van der Waals surface area contributed by atoms with Crippen molar-refractivity contribution >= 4 is 28.9 Å². The third kappa shape index (κ3) is 5.22. The van der Waals surface area contributed by atoms with Gasteiger partial charge < -0.3 is 9.64 Å². The predicted octanol–water partition coefficient (Wildman–Crippen LogP) is 4.99. The minimum atomic E-state index is -0.217. The standard InChI is InChI=1S/C28H28ClFN4O2/c1-36-23-12-8-20(9-13-23)25-18-27(21-6-10-22(29)11-7-21)34(31-25)28(35)19-32-14-16-33(17-15-32)26-5-3-2-4-24(26)30/h2-13,27H,14-19H2,1H3/t27-/m0/s1. The van der Waals surface area contributed by atoms with Crippen LogP contribution in [0.3, 0.4) is 0 Å². The molecule has 3 aromatic rings. The molecule has 1 fully saturated rings. The SMILES string of the molecule is COc1ccc(C2=NN(C(=O)CN3CCN(c4ccccc4F)CC3)[C@H](c3ccc(Cl)cc3)C2)cc1. The van der Waals surface area contributed by atoms with E-state index in [1.807, 2.05) is 59.5 Å². The molecule has 2 aliphatic heterocycles. The number of nitrogens with zero attached hydrogens (tertiary/aromatic N) is 4. The molecule has 0 radical (unpaired) electrons. The van der Waals surface area contributed by atoms with E-state index in [1.54, 1.807) is 24.3 Å². The molecule has 0 aliphatic carbocycles. The topological polar surface area (TPSA) is 48.4 Å². The van der Waals surface area contributed by atoms with Crippen molar-refractivity contribution < 1.29 is 13.9 Å². The van der Waals surface area contributed by atoms with Gasteiger partial charge in [-0.1, -0.05) is 35.9 Å². The summed E-state index contributed by atoms with van der Waals surface area (Å²) in [6.07, 6.45) is 0.612. The van der Waals surface area contributed by atoms with Crippen molar-refractivity contribution in [1.29, 1.82) is 0 Å². The molecule has 0 aromatic heterocycles. The fraction of sp³-hybridized carbons (Fsp3) is 0.286. The summed E-state index contributed by atoms with van der Waals surface area (Å²) < 4.78 is 19.5. The van der Waals surface area contributed by atoms with Crippen LogP contribution in [0.15, 0.2) is 77.9 Å². The van der Waals surface area contributed by atoms with Gasteiger partial charge in [0, 0.05) is 37.6 Å². The Morgan fingerprint density at radius 1 is 1.00 bits per heavy atom. The van der Waals surface area contributed by atoms with Crippen LogP contribution in [0.25, 0.3) is 0 Å². The summed E-state index contributed by atoms with van der Waals surface area (Å²) in [5.74, 6) is 0.497. The zero-order chi connectivity index (χ0) is 25.1. The number of methoxy groups -OCH3 is 1. The van der Waals surface area contributed by atoms with Crippen molar-refractivity contribution in [3.05, 3.63) is 94.8 Å². The van der Waals surface area contributed by atoms with Crippen LogP contribution in [0.2, 0.25) is 5.02 Å².